The van der Waals surface area contributed by atoms with Crippen molar-refractivity contribution in [3.63, 3.8) is 0 Å². The highest BCUT2D eigenvalue weighted by Gasteiger charge is 1.97. The van der Waals surface area contributed by atoms with Crippen LogP contribution in [0.3, 0.4) is 0 Å². The van der Waals surface area contributed by atoms with Gasteiger partial charge in [0.05, 0.1) is 6.10 Å². The van der Waals surface area contributed by atoms with E-state index in [1.165, 1.54) is 6.92 Å². The van der Waals surface area contributed by atoms with Crippen LogP contribution in [0.15, 0.2) is 11.1 Å². The molecule has 0 spiro atoms. The number of aliphatic hydroxyl groups excluding tert-OH is 1. The second kappa shape index (κ2) is 2.88. The average Bonchev–Trinajstić information content (AvgIpc) is 1.82. The zero-order chi connectivity index (χ0) is 9.23. The van der Waals surface area contributed by atoms with Crippen molar-refractivity contribution < 1.29 is 9.22 Å². The van der Waals surface area contributed by atoms with Gasteiger partial charge in [-0.3, -0.25) is 0 Å². The van der Waals surface area contributed by atoms with Crippen molar-refractivity contribution in [2.45, 2.75) is 33.7 Å². The third-order valence-electron chi connectivity index (χ3n) is 1.22. The molecule has 0 aromatic carbocycles. The molecule has 1 nitrogen and oxygen atoms in total. The molecule has 8 heavy (non-hydrogen) atoms. The Kier molecular flexibility index (Phi) is 1.32. The highest BCUT2D eigenvalue weighted by atomic mass is 16.3. The number of rotatable bonds is 1. The molecule has 48 valence electrons. The number of hydrogen-bond donors (Lipinski definition) is 1. The second-order valence-corrected chi connectivity index (χ2v) is 1.98. The Morgan fingerprint density at radius 1 is 1.62 bits per heavy atom. The van der Waals surface area contributed by atoms with Crippen molar-refractivity contribution >= 4 is 0 Å². The highest BCUT2D eigenvalue weighted by Crippen LogP contribution is 2.05. The fourth-order valence-electron chi connectivity index (χ4n) is 0.313. The molecule has 0 aliphatic rings. The number of allylic oxidation sites excluding steroid dienone is 1. The van der Waals surface area contributed by atoms with Crippen molar-refractivity contribution in [2.24, 2.45) is 0 Å². The van der Waals surface area contributed by atoms with Crippen molar-refractivity contribution in [1.82, 2.24) is 0 Å². The van der Waals surface area contributed by atoms with E-state index >= 15 is 0 Å². The Balaban J connectivity index is 4.67. The van der Waals surface area contributed by atoms with Gasteiger partial charge in [0.2, 0.25) is 0 Å². The van der Waals surface area contributed by atoms with Gasteiger partial charge < -0.3 is 5.11 Å². The zero-order valence-corrected chi connectivity index (χ0v) is 5.52. The van der Waals surface area contributed by atoms with E-state index in [1.807, 2.05) is 0 Å². The number of aliphatic hydroxyl groups is 1. The molecule has 0 aromatic heterocycles. The molecule has 0 aliphatic heterocycles. The first-order chi connectivity index (χ1) is 4.76. The van der Waals surface area contributed by atoms with Gasteiger partial charge >= 0.3 is 0 Å². The summed E-state index contributed by atoms with van der Waals surface area (Å²) in [6.45, 7) is 2.65. The van der Waals surface area contributed by atoms with E-state index in [0.29, 0.717) is 5.57 Å². The van der Waals surface area contributed by atoms with E-state index in [0.717, 1.165) is 0 Å². The Hall–Kier alpha value is -0.300. The topological polar surface area (TPSA) is 20.2 Å². The molecule has 1 unspecified atom stereocenters. The quantitative estimate of drug-likeness (QED) is 0.518. The van der Waals surface area contributed by atoms with Crippen LogP contribution in [-0.2, 0) is 0 Å². The highest BCUT2D eigenvalue weighted by molar-refractivity contribution is 5.10. The van der Waals surface area contributed by atoms with Crippen LogP contribution < -0.4 is 0 Å². The van der Waals surface area contributed by atoms with Gasteiger partial charge in [-0.15, -0.1) is 0 Å². The predicted octanol–water partition coefficient (Wildman–Crippen LogP) is 1.72. The van der Waals surface area contributed by atoms with E-state index < -0.39 is 13.0 Å². The first-order valence-corrected chi connectivity index (χ1v) is 2.62. The lowest BCUT2D eigenvalue weighted by Crippen LogP contribution is -2.01. The molecule has 0 amide bonds. The van der Waals surface area contributed by atoms with Gasteiger partial charge in [0.15, 0.2) is 0 Å². The maximum Gasteiger partial charge on any atom is 0.0721 e. The van der Waals surface area contributed by atoms with Crippen molar-refractivity contribution in [3.05, 3.63) is 11.1 Å². The van der Waals surface area contributed by atoms with Gasteiger partial charge in [-0.1, -0.05) is 5.57 Å². The lowest BCUT2D eigenvalue weighted by molar-refractivity contribution is 0.230. The molecule has 1 N–H and O–H groups in total. The summed E-state index contributed by atoms with van der Waals surface area (Å²) in [6.07, 6.45) is -0.671. The first-order valence-electron chi connectivity index (χ1n) is 4.12. The third kappa shape index (κ3) is 2.12. The molecule has 0 aromatic rings. The molecule has 1 heteroatoms. The van der Waals surface area contributed by atoms with Crippen molar-refractivity contribution in [2.75, 3.05) is 0 Å². The van der Waals surface area contributed by atoms with Gasteiger partial charge in [0, 0.05) is 4.11 Å². The lowest BCUT2D eigenvalue weighted by Gasteiger charge is -2.04. The lowest BCUT2D eigenvalue weighted by atomic mass is 10.1. The summed E-state index contributed by atoms with van der Waals surface area (Å²) in [7, 11) is 0. The van der Waals surface area contributed by atoms with Gasteiger partial charge in [-0.05, 0) is 33.2 Å². The molecule has 0 rings (SSSR count). The molecular formula is C7H14O. The maximum atomic E-state index is 9.05. The van der Waals surface area contributed by atoms with Crippen LogP contribution in [-0.4, -0.2) is 11.2 Å². The van der Waals surface area contributed by atoms with Crippen LogP contribution in [0.4, 0.5) is 0 Å². The van der Waals surface area contributed by atoms with E-state index in [1.54, 1.807) is 13.8 Å². The zero-order valence-electron chi connectivity index (χ0n) is 8.52. The van der Waals surface area contributed by atoms with Gasteiger partial charge in [-0.2, -0.15) is 0 Å². The molecule has 0 radical (unpaired) electrons. The third-order valence-corrected chi connectivity index (χ3v) is 1.22. The van der Waals surface area contributed by atoms with E-state index in [4.69, 9.17) is 9.22 Å². The van der Waals surface area contributed by atoms with Crippen LogP contribution in [0.5, 0.6) is 0 Å². The minimum absolute atomic E-state index is 0.285. The maximum absolute atomic E-state index is 9.05. The predicted molar refractivity (Wildman–Crippen MR) is 35.7 cm³/mol. The molecule has 0 heterocycles. The summed E-state index contributed by atoms with van der Waals surface area (Å²) < 4.78 is 21.1. The summed E-state index contributed by atoms with van der Waals surface area (Å²) in [5.74, 6) is 0. The van der Waals surface area contributed by atoms with Gasteiger partial charge in [-0.25, -0.2) is 0 Å². The van der Waals surface area contributed by atoms with E-state index in [-0.39, 0.29) is 5.57 Å². The fourth-order valence-corrected chi connectivity index (χ4v) is 0.313. The summed E-state index contributed by atoms with van der Waals surface area (Å²) in [5, 5.41) is 9.05. The molecule has 0 aliphatic carbocycles. The first kappa shape index (κ1) is 3.67. The SMILES string of the molecule is [2H]C([2H])([2H])/C(C)=C(/C)C(C)O. The van der Waals surface area contributed by atoms with Gasteiger partial charge in [0.1, 0.15) is 0 Å². The largest absolute Gasteiger partial charge is 0.389 e. The van der Waals surface area contributed by atoms with Crippen molar-refractivity contribution in [1.29, 1.82) is 0 Å². The molecule has 0 fully saturated rings. The van der Waals surface area contributed by atoms with Crippen LogP contribution in [0, 0.1) is 0 Å². The Bertz CT molecular complexity index is 167. The minimum Gasteiger partial charge on any atom is -0.389 e. The van der Waals surface area contributed by atoms with E-state index in [9.17, 15) is 0 Å². The summed E-state index contributed by atoms with van der Waals surface area (Å²) in [4.78, 5) is 0. The van der Waals surface area contributed by atoms with Crippen molar-refractivity contribution in [3.8, 4) is 0 Å². The van der Waals surface area contributed by atoms with Crippen LogP contribution in [0.1, 0.15) is 31.7 Å². The average molecular weight is 117 g/mol. The van der Waals surface area contributed by atoms with Gasteiger partial charge in [0.25, 0.3) is 0 Å². The Labute approximate surface area is 55.2 Å². The molecular weight excluding hydrogens is 100 g/mol. The van der Waals surface area contributed by atoms with E-state index in [2.05, 4.69) is 0 Å². The summed E-state index contributed by atoms with van der Waals surface area (Å²) in [5.41, 5.74) is 0.817. The molecule has 0 saturated carbocycles. The smallest absolute Gasteiger partial charge is 0.0721 e. The molecule has 0 bridgehead atoms. The standard InChI is InChI=1S/C7H14O/c1-5(2)6(3)7(4)8/h7-8H,1-4H3/i1D3/b6-5+. The van der Waals surface area contributed by atoms with Crippen LogP contribution >= 0.6 is 0 Å². The van der Waals surface area contributed by atoms with Crippen LogP contribution in [0.25, 0.3) is 0 Å². The minimum atomic E-state index is -2.07. The normalized spacial score (nSPS) is 24.8. The number of hydrogen-bond acceptors (Lipinski definition) is 1. The summed E-state index contributed by atoms with van der Waals surface area (Å²) in [6, 6.07) is 0. The molecule has 0 saturated heterocycles. The summed E-state index contributed by atoms with van der Waals surface area (Å²) >= 11 is 0. The Morgan fingerprint density at radius 2 is 2.12 bits per heavy atom. The fraction of sp³-hybridized carbons (Fsp3) is 0.714. The Morgan fingerprint density at radius 3 is 2.25 bits per heavy atom. The monoisotopic (exact) mass is 117 g/mol. The van der Waals surface area contributed by atoms with Crippen LogP contribution in [0.2, 0.25) is 0 Å². The molecule has 1 atom stereocenters. The second-order valence-electron chi connectivity index (χ2n) is 1.98.